The quantitative estimate of drug-likeness (QED) is 0.519. The van der Waals surface area contributed by atoms with Crippen molar-refractivity contribution in [1.29, 1.82) is 0 Å². The molecule has 4 rings (SSSR count). The standard InChI is InChI=1S/C27H46O2/c1-6-19-16-20-23-11-10-21(17(2)15-18(3)25(28)29)27(23,5)14-12-24(20)26(4)13-8-7-9-22(19)26/h17-24H,6-16H2,1-5H3,(H,28,29)/t17-,18?,19+,20?,21?,22?,23?,24+,26?,27?/m1/s1. The van der Waals surface area contributed by atoms with Gasteiger partial charge < -0.3 is 5.11 Å². The van der Waals surface area contributed by atoms with Gasteiger partial charge in [0.25, 0.3) is 0 Å². The van der Waals surface area contributed by atoms with Crippen LogP contribution in [0.1, 0.15) is 105 Å². The fourth-order valence-electron chi connectivity index (χ4n) is 9.82. The average molecular weight is 403 g/mol. The first-order valence-corrected chi connectivity index (χ1v) is 12.9. The van der Waals surface area contributed by atoms with Gasteiger partial charge >= 0.3 is 5.97 Å². The second kappa shape index (κ2) is 7.86. The molecule has 0 aromatic carbocycles. The SMILES string of the molecule is CC[C@H]1CC2C3CCC([C@H](C)CC(C)C(=O)O)C3(C)CC[C@@H]2C2(C)CCCCC12. The predicted octanol–water partition coefficient (Wildman–Crippen LogP) is 7.42. The van der Waals surface area contributed by atoms with Crippen LogP contribution in [0.4, 0.5) is 0 Å². The molecule has 0 aromatic rings. The molecule has 0 amide bonds. The number of carbonyl (C=O) groups is 1. The van der Waals surface area contributed by atoms with E-state index in [4.69, 9.17) is 0 Å². The van der Waals surface area contributed by atoms with E-state index in [0.717, 1.165) is 41.9 Å². The Bertz CT molecular complexity index is 614. The fourth-order valence-corrected chi connectivity index (χ4v) is 9.82. The molecule has 4 saturated carbocycles. The van der Waals surface area contributed by atoms with Gasteiger partial charge in [0, 0.05) is 0 Å². The number of hydrogen-bond donors (Lipinski definition) is 1. The molecule has 4 fully saturated rings. The Morgan fingerprint density at radius 1 is 0.966 bits per heavy atom. The molecule has 29 heavy (non-hydrogen) atoms. The Balaban J connectivity index is 1.57. The van der Waals surface area contributed by atoms with E-state index in [2.05, 4.69) is 27.7 Å². The first-order chi connectivity index (χ1) is 13.7. The summed E-state index contributed by atoms with van der Waals surface area (Å²) in [6, 6.07) is 0. The van der Waals surface area contributed by atoms with Crippen molar-refractivity contribution in [3.63, 3.8) is 0 Å². The second-order valence-corrected chi connectivity index (χ2v) is 12.3. The van der Waals surface area contributed by atoms with Crippen LogP contribution in [0.25, 0.3) is 0 Å². The van der Waals surface area contributed by atoms with E-state index in [-0.39, 0.29) is 5.92 Å². The Morgan fingerprint density at radius 2 is 1.69 bits per heavy atom. The highest BCUT2D eigenvalue weighted by Gasteiger charge is 2.61. The van der Waals surface area contributed by atoms with Crippen molar-refractivity contribution in [2.75, 3.05) is 0 Å². The summed E-state index contributed by atoms with van der Waals surface area (Å²) in [6.45, 7) is 12.0. The van der Waals surface area contributed by atoms with Crippen molar-refractivity contribution in [2.24, 2.45) is 58.2 Å². The molecule has 0 heterocycles. The van der Waals surface area contributed by atoms with Crippen LogP contribution in [0.2, 0.25) is 0 Å². The molecule has 2 heteroatoms. The van der Waals surface area contributed by atoms with Gasteiger partial charge in [-0.15, -0.1) is 0 Å². The van der Waals surface area contributed by atoms with Gasteiger partial charge in [-0.05, 0) is 104 Å². The van der Waals surface area contributed by atoms with Crippen molar-refractivity contribution in [1.82, 2.24) is 0 Å². The van der Waals surface area contributed by atoms with E-state index in [1.54, 1.807) is 0 Å². The van der Waals surface area contributed by atoms with Crippen LogP contribution in [0.3, 0.4) is 0 Å². The predicted molar refractivity (Wildman–Crippen MR) is 120 cm³/mol. The summed E-state index contributed by atoms with van der Waals surface area (Å²) in [4.78, 5) is 11.4. The fraction of sp³-hybridized carbons (Fsp3) is 0.963. The normalized spacial score (nSPS) is 48.9. The van der Waals surface area contributed by atoms with Crippen LogP contribution in [0.5, 0.6) is 0 Å². The van der Waals surface area contributed by atoms with Gasteiger partial charge in [0.15, 0.2) is 0 Å². The molecule has 0 radical (unpaired) electrons. The average Bonchev–Trinajstić information content (AvgIpc) is 3.04. The van der Waals surface area contributed by atoms with E-state index in [0.29, 0.717) is 16.7 Å². The van der Waals surface area contributed by atoms with Crippen molar-refractivity contribution in [3.8, 4) is 0 Å². The zero-order valence-electron chi connectivity index (χ0n) is 19.8. The minimum atomic E-state index is -0.616. The smallest absolute Gasteiger partial charge is 0.306 e. The Morgan fingerprint density at radius 3 is 2.38 bits per heavy atom. The summed E-state index contributed by atoms with van der Waals surface area (Å²) < 4.78 is 0. The molecule has 4 aliphatic rings. The van der Waals surface area contributed by atoms with Crippen LogP contribution in [0, 0.1) is 58.2 Å². The van der Waals surface area contributed by atoms with Gasteiger partial charge in [0.1, 0.15) is 0 Å². The maximum absolute atomic E-state index is 11.4. The van der Waals surface area contributed by atoms with E-state index < -0.39 is 5.97 Å². The first kappa shape index (κ1) is 21.7. The van der Waals surface area contributed by atoms with Gasteiger partial charge in [-0.1, -0.05) is 53.9 Å². The van der Waals surface area contributed by atoms with Crippen molar-refractivity contribution >= 4 is 5.97 Å². The number of aliphatic carboxylic acids is 1. The summed E-state index contributed by atoms with van der Waals surface area (Å²) in [6.07, 6.45) is 15.2. The van der Waals surface area contributed by atoms with Crippen molar-refractivity contribution in [2.45, 2.75) is 105 Å². The van der Waals surface area contributed by atoms with Gasteiger partial charge in [-0.25, -0.2) is 0 Å². The highest BCUT2D eigenvalue weighted by atomic mass is 16.4. The third kappa shape index (κ3) is 3.39. The molecule has 7 unspecified atom stereocenters. The molecule has 0 spiro atoms. The number of carboxylic acid groups (broad SMARTS) is 1. The van der Waals surface area contributed by atoms with E-state index in [1.807, 2.05) is 6.92 Å². The summed E-state index contributed by atoms with van der Waals surface area (Å²) >= 11 is 0. The van der Waals surface area contributed by atoms with E-state index in [9.17, 15) is 9.90 Å². The van der Waals surface area contributed by atoms with Crippen LogP contribution in [-0.2, 0) is 4.79 Å². The molecule has 0 bridgehead atoms. The Kier molecular flexibility index (Phi) is 5.88. The Hall–Kier alpha value is -0.530. The number of rotatable bonds is 5. The summed E-state index contributed by atoms with van der Waals surface area (Å²) in [7, 11) is 0. The van der Waals surface area contributed by atoms with Crippen LogP contribution in [0.15, 0.2) is 0 Å². The minimum absolute atomic E-state index is 0.204. The van der Waals surface area contributed by atoms with Crippen molar-refractivity contribution in [3.05, 3.63) is 0 Å². The zero-order chi connectivity index (χ0) is 21.0. The maximum Gasteiger partial charge on any atom is 0.306 e. The highest BCUT2D eigenvalue weighted by molar-refractivity contribution is 5.69. The largest absolute Gasteiger partial charge is 0.481 e. The third-order valence-corrected chi connectivity index (χ3v) is 11.2. The molecular weight excluding hydrogens is 356 g/mol. The summed E-state index contributed by atoms with van der Waals surface area (Å²) in [5.74, 6) is 5.17. The molecule has 0 aliphatic heterocycles. The summed E-state index contributed by atoms with van der Waals surface area (Å²) in [5, 5.41) is 9.42. The number of carboxylic acids is 1. The van der Waals surface area contributed by atoms with Crippen molar-refractivity contribution < 1.29 is 9.90 Å². The summed E-state index contributed by atoms with van der Waals surface area (Å²) in [5.41, 5.74) is 1.06. The molecule has 4 aliphatic carbocycles. The molecule has 10 atom stereocenters. The lowest BCUT2D eigenvalue weighted by Crippen LogP contribution is -2.55. The lowest BCUT2D eigenvalue weighted by atomic mass is 9.42. The Labute approximate surface area is 179 Å². The van der Waals surface area contributed by atoms with Crippen LogP contribution < -0.4 is 0 Å². The van der Waals surface area contributed by atoms with Crippen LogP contribution >= 0.6 is 0 Å². The molecule has 0 saturated heterocycles. The molecule has 166 valence electrons. The topological polar surface area (TPSA) is 37.3 Å². The van der Waals surface area contributed by atoms with Gasteiger partial charge in [0.2, 0.25) is 0 Å². The number of fused-ring (bicyclic) bond motifs is 5. The monoisotopic (exact) mass is 402 g/mol. The van der Waals surface area contributed by atoms with Gasteiger partial charge in [0.05, 0.1) is 5.92 Å². The lowest BCUT2D eigenvalue weighted by Gasteiger charge is -2.63. The third-order valence-electron chi connectivity index (χ3n) is 11.2. The van der Waals surface area contributed by atoms with E-state index >= 15 is 0 Å². The molecule has 2 nitrogen and oxygen atoms in total. The van der Waals surface area contributed by atoms with E-state index in [1.165, 1.54) is 64.2 Å². The minimum Gasteiger partial charge on any atom is -0.481 e. The highest BCUT2D eigenvalue weighted by Crippen LogP contribution is 2.69. The molecule has 1 N–H and O–H groups in total. The number of hydrogen-bond acceptors (Lipinski definition) is 1. The molecular formula is C27H46O2. The maximum atomic E-state index is 11.4. The van der Waals surface area contributed by atoms with Gasteiger partial charge in [-0.3, -0.25) is 4.79 Å². The zero-order valence-corrected chi connectivity index (χ0v) is 19.8. The molecule has 0 aromatic heterocycles. The second-order valence-electron chi connectivity index (χ2n) is 12.3. The van der Waals surface area contributed by atoms with Gasteiger partial charge in [-0.2, -0.15) is 0 Å². The first-order valence-electron chi connectivity index (χ1n) is 12.9. The lowest BCUT2D eigenvalue weighted by molar-refractivity contribution is -0.144. The van der Waals surface area contributed by atoms with Crippen LogP contribution in [-0.4, -0.2) is 11.1 Å².